The highest BCUT2D eigenvalue weighted by atomic mass is 19.1. The van der Waals surface area contributed by atoms with Gasteiger partial charge in [0.15, 0.2) is 0 Å². The number of carbonyl (C=O) groups is 1. The van der Waals surface area contributed by atoms with Crippen LogP contribution in [0.4, 0.5) is 21.6 Å². The fourth-order valence-electron chi connectivity index (χ4n) is 2.48. The fraction of sp³-hybridized carbons (Fsp3) is 0.200. The van der Waals surface area contributed by atoms with Gasteiger partial charge in [-0.15, -0.1) is 0 Å². The summed E-state index contributed by atoms with van der Waals surface area (Å²) in [7, 11) is 1.56. The molecule has 30 heavy (non-hydrogen) atoms. The second kappa shape index (κ2) is 10.1. The number of pyridine rings is 1. The van der Waals surface area contributed by atoms with Gasteiger partial charge in [0, 0.05) is 31.1 Å². The topological polar surface area (TPSA) is 124 Å². The molecule has 3 aromatic rings. The molecule has 9 nitrogen and oxygen atoms in total. The van der Waals surface area contributed by atoms with Crippen LogP contribution in [0.15, 0.2) is 48.9 Å². The standard InChI is InChI=1S/C20H21FN6O3/c1-29-7-8-30-18-12-25-17(11-26-18)20(28)27-14-4-5-15(21)13(9-14)10-24-16-3-2-6-23-19(16)22/h2-6,9,11-12,24H,7-8,10H2,1H3,(H2,22,23)(H,27,28). The molecule has 156 valence electrons. The van der Waals surface area contributed by atoms with Crippen LogP contribution in [0.1, 0.15) is 16.1 Å². The number of halogens is 1. The van der Waals surface area contributed by atoms with Crippen LogP contribution in [0, 0.1) is 5.82 Å². The summed E-state index contributed by atoms with van der Waals surface area (Å²) in [5.74, 6) is -0.294. The highest BCUT2D eigenvalue weighted by molar-refractivity contribution is 6.02. The van der Waals surface area contributed by atoms with Gasteiger partial charge in [0.1, 0.15) is 23.9 Å². The molecule has 10 heteroatoms. The molecule has 0 fully saturated rings. The Morgan fingerprint density at radius 2 is 2.03 bits per heavy atom. The zero-order chi connectivity index (χ0) is 21.3. The predicted octanol–water partition coefficient (Wildman–Crippen LogP) is 2.48. The minimum Gasteiger partial charge on any atom is -0.474 e. The molecule has 0 saturated heterocycles. The van der Waals surface area contributed by atoms with Gasteiger partial charge in [-0.3, -0.25) is 4.79 Å². The lowest BCUT2D eigenvalue weighted by Gasteiger charge is -2.11. The van der Waals surface area contributed by atoms with Crippen LogP contribution in [0.3, 0.4) is 0 Å². The van der Waals surface area contributed by atoms with Crippen molar-refractivity contribution < 1.29 is 18.7 Å². The summed E-state index contributed by atoms with van der Waals surface area (Å²) in [6, 6.07) is 7.73. The largest absolute Gasteiger partial charge is 0.474 e. The molecule has 2 aromatic heterocycles. The average molecular weight is 412 g/mol. The van der Waals surface area contributed by atoms with Gasteiger partial charge < -0.3 is 25.8 Å². The van der Waals surface area contributed by atoms with E-state index in [2.05, 4.69) is 25.6 Å². The lowest BCUT2D eigenvalue weighted by molar-refractivity contribution is 0.102. The lowest BCUT2D eigenvalue weighted by Crippen LogP contribution is -2.15. The summed E-state index contributed by atoms with van der Waals surface area (Å²) in [5, 5.41) is 5.70. The van der Waals surface area contributed by atoms with Crippen molar-refractivity contribution in [3.8, 4) is 5.88 Å². The van der Waals surface area contributed by atoms with Crippen molar-refractivity contribution in [3.63, 3.8) is 0 Å². The number of ether oxygens (including phenoxy) is 2. The molecule has 4 N–H and O–H groups in total. The maximum atomic E-state index is 14.2. The van der Waals surface area contributed by atoms with Gasteiger partial charge in [0.25, 0.3) is 5.91 Å². The number of aromatic nitrogens is 3. The van der Waals surface area contributed by atoms with E-state index in [0.29, 0.717) is 36.0 Å². The molecule has 0 bridgehead atoms. The number of hydrogen-bond acceptors (Lipinski definition) is 8. The van der Waals surface area contributed by atoms with Crippen molar-refractivity contribution >= 4 is 23.1 Å². The van der Waals surface area contributed by atoms with Crippen molar-refractivity contribution in [2.24, 2.45) is 0 Å². The number of hydrogen-bond donors (Lipinski definition) is 3. The van der Waals surface area contributed by atoms with Crippen LogP contribution in [0.2, 0.25) is 0 Å². The molecule has 3 rings (SSSR count). The molecular formula is C20H21FN6O3. The Balaban J connectivity index is 1.63. The maximum absolute atomic E-state index is 14.2. The van der Waals surface area contributed by atoms with Crippen molar-refractivity contribution in [1.82, 2.24) is 15.0 Å². The quantitative estimate of drug-likeness (QED) is 0.458. The number of carbonyl (C=O) groups excluding carboxylic acids is 1. The number of nitrogens with two attached hydrogens (primary N) is 1. The second-order valence-electron chi connectivity index (χ2n) is 6.13. The van der Waals surface area contributed by atoms with Gasteiger partial charge >= 0.3 is 0 Å². The molecule has 2 heterocycles. The Morgan fingerprint density at radius 1 is 1.17 bits per heavy atom. The highest BCUT2D eigenvalue weighted by Gasteiger charge is 2.11. The predicted molar refractivity (Wildman–Crippen MR) is 110 cm³/mol. The Kier molecular flexibility index (Phi) is 7.06. The van der Waals surface area contributed by atoms with Crippen molar-refractivity contribution in [1.29, 1.82) is 0 Å². The maximum Gasteiger partial charge on any atom is 0.275 e. The van der Waals surface area contributed by atoms with Crippen LogP contribution in [0.25, 0.3) is 0 Å². The molecule has 0 unspecified atom stereocenters. The highest BCUT2D eigenvalue weighted by Crippen LogP contribution is 2.19. The summed E-state index contributed by atoms with van der Waals surface area (Å²) in [6.45, 7) is 0.908. The van der Waals surface area contributed by atoms with Crippen LogP contribution >= 0.6 is 0 Å². The number of rotatable bonds is 9. The molecule has 0 aliphatic carbocycles. The van der Waals surface area contributed by atoms with Crippen molar-refractivity contribution in [2.45, 2.75) is 6.54 Å². The Hall–Kier alpha value is -3.79. The number of amides is 1. The first-order valence-electron chi connectivity index (χ1n) is 9.04. The van der Waals surface area contributed by atoms with E-state index in [0.717, 1.165) is 0 Å². The minimum absolute atomic E-state index is 0.0984. The summed E-state index contributed by atoms with van der Waals surface area (Å²) >= 11 is 0. The van der Waals surface area contributed by atoms with Gasteiger partial charge in [-0.2, -0.15) is 0 Å². The fourth-order valence-corrected chi connectivity index (χ4v) is 2.48. The van der Waals surface area contributed by atoms with Gasteiger partial charge in [-0.05, 0) is 30.3 Å². The summed E-state index contributed by atoms with van der Waals surface area (Å²) in [6.07, 6.45) is 4.22. The zero-order valence-electron chi connectivity index (χ0n) is 16.3. The summed E-state index contributed by atoms with van der Waals surface area (Å²) in [5.41, 5.74) is 7.23. The first-order valence-corrected chi connectivity index (χ1v) is 9.04. The Labute approximate surface area is 172 Å². The van der Waals surface area contributed by atoms with E-state index in [4.69, 9.17) is 15.2 Å². The number of anilines is 3. The molecule has 1 amide bonds. The third-order valence-electron chi connectivity index (χ3n) is 4.01. The first-order chi connectivity index (χ1) is 14.6. The third-order valence-corrected chi connectivity index (χ3v) is 4.01. The van der Waals surface area contributed by atoms with E-state index in [9.17, 15) is 9.18 Å². The lowest BCUT2D eigenvalue weighted by atomic mass is 10.1. The Bertz CT molecular complexity index is 1000. The molecular weight excluding hydrogens is 391 g/mol. The molecule has 1 aromatic carbocycles. The number of methoxy groups -OCH3 is 1. The molecule has 0 aliphatic rings. The summed E-state index contributed by atoms with van der Waals surface area (Å²) < 4.78 is 24.3. The van der Waals surface area contributed by atoms with Crippen LogP contribution in [-0.2, 0) is 11.3 Å². The van der Waals surface area contributed by atoms with Crippen molar-refractivity contribution in [2.75, 3.05) is 36.7 Å². The van der Waals surface area contributed by atoms with Gasteiger partial charge in [0.2, 0.25) is 5.88 Å². The SMILES string of the molecule is COCCOc1cnc(C(=O)Nc2ccc(F)c(CNc3cccnc3N)c2)cn1. The monoisotopic (exact) mass is 412 g/mol. The zero-order valence-corrected chi connectivity index (χ0v) is 16.3. The normalized spacial score (nSPS) is 10.5. The molecule has 0 saturated carbocycles. The summed E-state index contributed by atoms with van der Waals surface area (Å²) in [4.78, 5) is 24.4. The van der Waals surface area contributed by atoms with E-state index in [-0.39, 0.29) is 18.1 Å². The van der Waals surface area contributed by atoms with Gasteiger partial charge in [-0.25, -0.2) is 19.3 Å². The smallest absolute Gasteiger partial charge is 0.275 e. The van der Waals surface area contributed by atoms with Gasteiger partial charge in [0.05, 0.1) is 24.7 Å². The van der Waals surface area contributed by atoms with Gasteiger partial charge in [-0.1, -0.05) is 0 Å². The molecule has 0 atom stereocenters. The number of benzene rings is 1. The third kappa shape index (κ3) is 5.61. The molecule has 0 spiro atoms. The first kappa shape index (κ1) is 20.9. The van der Waals surface area contributed by atoms with Crippen LogP contribution in [0.5, 0.6) is 5.88 Å². The van der Waals surface area contributed by atoms with E-state index in [1.54, 1.807) is 25.4 Å². The molecule has 0 radical (unpaired) electrons. The number of nitrogen functional groups attached to an aromatic ring is 1. The van der Waals surface area contributed by atoms with E-state index < -0.39 is 11.7 Å². The second-order valence-corrected chi connectivity index (χ2v) is 6.13. The van der Waals surface area contributed by atoms with Crippen molar-refractivity contribution in [3.05, 3.63) is 66.0 Å². The number of nitrogens with one attached hydrogen (secondary N) is 2. The molecule has 0 aliphatic heterocycles. The van der Waals surface area contributed by atoms with E-state index in [1.807, 2.05) is 0 Å². The van der Waals surface area contributed by atoms with Crippen LogP contribution < -0.4 is 21.1 Å². The average Bonchev–Trinajstić information content (AvgIpc) is 2.75. The van der Waals surface area contributed by atoms with E-state index >= 15 is 0 Å². The van der Waals surface area contributed by atoms with Crippen LogP contribution in [-0.4, -0.2) is 41.2 Å². The van der Waals surface area contributed by atoms with E-state index in [1.165, 1.54) is 30.6 Å². The minimum atomic E-state index is -0.479. The number of nitrogens with zero attached hydrogens (tertiary/aromatic N) is 3. The Morgan fingerprint density at radius 3 is 2.77 bits per heavy atom.